The molecular formula is C25H29NO3. The fourth-order valence-corrected chi connectivity index (χ4v) is 4.88. The SMILES string of the molecule is O=C1N2CCCCCCCCCCOc3cccc(c3)[C@@H]3O[C@]13c1ccccc12. The van der Waals surface area contributed by atoms with Crippen LogP contribution in [0.3, 0.4) is 0 Å². The molecule has 4 nitrogen and oxygen atoms in total. The summed E-state index contributed by atoms with van der Waals surface area (Å²) in [6, 6.07) is 16.2. The maximum Gasteiger partial charge on any atom is 0.267 e. The Hall–Kier alpha value is -2.33. The van der Waals surface area contributed by atoms with Crippen molar-refractivity contribution in [2.45, 2.75) is 63.1 Å². The summed E-state index contributed by atoms with van der Waals surface area (Å²) in [7, 11) is 0. The second-order valence-electron chi connectivity index (χ2n) is 8.46. The fraction of sp³-hybridized carbons (Fsp3) is 0.480. The van der Waals surface area contributed by atoms with Gasteiger partial charge in [0.1, 0.15) is 11.9 Å². The number of anilines is 1. The van der Waals surface area contributed by atoms with E-state index in [-0.39, 0.29) is 12.0 Å². The average molecular weight is 392 g/mol. The van der Waals surface area contributed by atoms with Crippen LogP contribution in [0.2, 0.25) is 0 Å². The molecule has 1 saturated heterocycles. The van der Waals surface area contributed by atoms with E-state index in [4.69, 9.17) is 9.47 Å². The Morgan fingerprint density at radius 1 is 0.862 bits per heavy atom. The van der Waals surface area contributed by atoms with Crippen molar-refractivity contribution in [3.63, 3.8) is 0 Å². The largest absolute Gasteiger partial charge is 0.494 e. The van der Waals surface area contributed by atoms with Gasteiger partial charge < -0.3 is 14.4 Å². The van der Waals surface area contributed by atoms with Gasteiger partial charge in [-0.25, -0.2) is 0 Å². The predicted molar refractivity (Wildman–Crippen MR) is 113 cm³/mol. The lowest BCUT2D eigenvalue weighted by molar-refractivity contribution is -0.123. The monoisotopic (exact) mass is 391 g/mol. The molecule has 0 unspecified atom stereocenters. The number of ether oxygens (including phenoxy) is 2. The van der Waals surface area contributed by atoms with Crippen LogP contribution in [0.5, 0.6) is 5.75 Å². The molecule has 4 bridgehead atoms. The summed E-state index contributed by atoms with van der Waals surface area (Å²) >= 11 is 0. The molecule has 2 aromatic rings. The van der Waals surface area contributed by atoms with Crippen LogP contribution in [-0.2, 0) is 15.1 Å². The van der Waals surface area contributed by atoms with Gasteiger partial charge in [-0.15, -0.1) is 0 Å². The van der Waals surface area contributed by atoms with Crippen LogP contribution in [0, 0.1) is 0 Å². The van der Waals surface area contributed by atoms with Gasteiger partial charge in [-0.05, 0) is 36.6 Å². The highest BCUT2D eigenvalue weighted by Gasteiger charge is 2.69. The van der Waals surface area contributed by atoms with Gasteiger partial charge in [-0.2, -0.15) is 0 Å². The first-order valence-corrected chi connectivity index (χ1v) is 11.1. The number of nitrogens with zero attached hydrogens (tertiary/aromatic N) is 1. The lowest BCUT2D eigenvalue weighted by Crippen LogP contribution is -2.34. The first-order chi connectivity index (χ1) is 14.3. The first-order valence-electron chi connectivity index (χ1n) is 11.1. The van der Waals surface area contributed by atoms with E-state index >= 15 is 0 Å². The van der Waals surface area contributed by atoms with Crippen molar-refractivity contribution in [1.82, 2.24) is 0 Å². The Morgan fingerprint density at radius 2 is 1.62 bits per heavy atom. The topological polar surface area (TPSA) is 42.1 Å². The number of amides is 1. The molecule has 4 heteroatoms. The maximum absolute atomic E-state index is 13.5. The number of epoxide rings is 1. The van der Waals surface area contributed by atoms with Crippen molar-refractivity contribution in [3.8, 4) is 5.75 Å². The van der Waals surface area contributed by atoms with Gasteiger partial charge in [-0.3, -0.25) is 4.79 Å². The second kappa shape index (κ2) is 7.83. The molecule has 29 heavy (non-hydrogen) atoms. The molecule has 5 rings (SSSR count). The van der Waals surface area contributed by atoms with Gasteiger partial charge in [0.2, 0.25) is 5.60 Å². The van der Waals surface area contributed by atoms with Gasteiger partial charge in [0.05, 0.1) is 12.3 Å². The van der Waals surface area contributed by atoms with Gasteiger partial charge in [0, 0.05) is 12.1 Å². The van der Waals surface area contributed by atoms with Crippen LogP contribution in [0.25, 0.3) is 0 Å². The van der Waals surface area contributed by atoms with E-state index in [0.29, 0.717) is 0 Å². The Bertz CT molecular complexity index is 895. The summed E-state index contributed by atoms with van der Waals surface area (Å²) in [5.74, 6) is 0.959. The molecule has 3 aliphatic heterocycles. The van der Waals surface area contributed by atoms with E-state index in [1.165, 1.54) is 38.5 Å². The molecule has 1 fully saturated rings. The summed E-state index contributed by atoms with van der Waals surface area (Å²) in [6.07, 6.45) is 9.40. The zero-order valence-electron chi connectivity index (χ0n) is 16.9. The predicted octanol–water partition coefficient (Wildman–Crippen LogP) is 5.51. The summed E-state index contributed by atoms with van der Waals surface area (Å²) in [5, 5.41) is 0. The van der Waals surface area contributed by atoms with Gasteiger partial charge in [-0.1, -0.05) is 68.9 Å². The first kappa shape index (κ1) is 18.7. The third kappa shape index (κ3) is 3.33. The maximum atomic E-state index is 13.5. The average Bonchev–Trinajstić information content (AvgIpc) is 3.46. The van der Waals surface area contributed by atoms with Crippen molar-refractivity contribution in [2.24, 2.45) is 0 Å². The number of hydrogen-bond acceptors (Lipinski definition) is 3. The van der Waals surface area contributed by atoms with Gasteiger partial charge >= 0.3 is 0 Å². The van der Waals surface area contributed by atoms with Crippen LogP contribution in [-0.4, -0.2) is 19.1 Å². The van der Waals surface area contributed by atoms with Crippen molar-refractivity contribution < 1.29 is 14.3 Å². The highest BCUT2D eigenvalue weighted by molar-refractivity contribution is 6.09. The van der Waals surface area contributed by atoms with Crippen LogP contribution < -0.4 is 9.64 Å². The molecule has 2 aromatic carbocycles. The zero-order valence-corrected chi connectivity index (χ0v) is 16.9. The molecule has 3 aliphatic rings. The van der Waals surface area contributed by atoms with Crippen molar-refractivity contribution in [1.29, 1.82) is 0 Å². The second-order valence-corrected chi connectivity index (χ2v) is 8.46. The molecule has 3 heterocycles. The lowest BCUT2D eigenvalue weighted by atomic mass is 9.93. The summed E-state index contributed by atoms with van der Waals surface area (Å²) < 4.78 is 12.2. The Balaban J connectivity index is 1.45. The minimum absolute atomic E-state index is 0.0936. The fourth-order valence-electron chi connectivity index (χ4n) is 4.88. The van der Waals surface area contributed by atoms with E-state index in [2.05, 4.69) is 12.1 Å². The normalized spacial score (nSPS) is 27.2. The quantitative estimate of drug-likeness (QED) is 0.556. The van der Waals surface area contributed by atoms with E-state index in [9.17, 15) is 4.79 Å². The number of hydrogen-bond donors (Lipinski definition) is 0. The smallest absolute Gasteiger partial charge is 0.267 e. The molecule has 0 N–H and O–H groups in total. The number of rotatable bonds is 0. The molecule has 1 amide bonds. The summed E-state index contributed by atoms with van der Waals surface area (Å²) in [6.45, 7) is 1.52. The number of carbonyl (C=O) groups excluding carboxylic acids is 1. The van der Waals surface area contributed by atoms with Crippen LogP contribution in [0.1, 0.15) is 68.6 Å². The third-order valence-corrected chi connectivity index (χ3v) is 6.48. The highest BCUT2D eigenvalue weighted by atomic mass is 16.6. The molecule has 0 aromatic heterocycles. The molecule has 0 aliphatic carbocycles. The molecule has 0 saturated carbocycles. The van der Waals surface area contributed by atoms with Gasteiger partial charge in [0.15, 0.2) is 0 Å². The third-order valence-electron chi connectivity index (χ3n) is 6.48. The standard InChI is InChI=1S/C25H29NO3/c27-24-25-21-14-7-8-15-22(21)26(24)16-9-5-3-1-2-4-6-10-17-28-20-13-11-12-19(18-20)23(25)29-25/h7-8,11-15,18,23H,1-6,9-10,16-17H2/t23-,25-/m0/s1. The lowest BCUT2D eigenvalue weighted by Gasteiger charge is -2.17. The van der Waals surface area contributed by atoms with Crippen LogP contribution >= 0.6 is 0 Å². The minimum atomic E-state index is -0.847. The van der Waals surface area contributed by atoms with E-state index < -0.39 is 5.60 Å². The van der Waals surface area contributed by atoms with E-state index in [1.807, 2.05) is 41.3 Å². The molecule has 2 atom stereocenters. The van der Waals surface area contributed by atoms with Crippen molar-refractivity contribution in [2.75, 3.05) is 18.1 Å². The van der Waals surface area contributed by atoms with E-state index in [1.54, 1.807) is 0 Å². The number of carbonyl (C=O) groups is 1. The molecular weight excluding hydrogens is 362 g/mol. The Labute approximate surface area is 172 Å². The summed E-state index contributed by atoms with van der Waals surface area (Å²) in [5.41, 5.74) is 2.21. The van der Waals surface area contributed by atoms with Crippen molar-refractivity contribution in [3.05, 3.63) is 59.7 Å². The molecule has 1 spiro atoms. The van der Waals surface area contributed by atoms with E-state index in [0.717, 1.165) is 48.6 Å². The van der Waals surface area contributed by atoms with Gasteiger partial charge in [0.25, 0.3) is 5.91 Å². The molecule has 0 radical (unpaired) electrons. The number of para-hydroxylation sites is 1. The molecule has 152 valence electrons. The van der Waals surface area contributed by atoms with Crippen LogP contribution in [0.4, 0.5) is 5.69 Å². The number of benzene rings is 2. The van der Waals surface area contributed by atoms with Crippen LogP contribution in [0.15, 0.2) is 48.5 Å². The number of fused-ring (bicyclic) bond motifs is 6. The Morgan fingerprint density at radius 3 is 2.48 bits per heavy atom. The highest BCUT2D eigenvalue weighted by Crippen LogP contribution is 2.63. The van der Waals surface area contributed by atoms with Crippen molar-refractivity contribution >= 4 is 11.6 Å². The zero-order chi connectivity index (χ0) is 19.7. The minimum Gasteiger partial charge on any atom is -0.494 e. The summed E-state index contributed by atoms with van der Waals surface area (Å²) in [4.78, 5) is 15.4. The Kier molecular flexibility index (Phi) is 5.04.